The molecule has 2 N–H and O–H groups in total. The number of fused-ring (bicyclic) bond motifs is 1. The first-order valence-electron chi connectivity index (χ1n) is 8.29. The predicted octanol–water partition coefficient (Wildman–Crippen LogP) is 3.47. The van der Waals surface area contributed by atoms with Crippen molar-refractivity contribution in [3.8, 4) is 0 Å². The number of aromatic amines is 1. The number of para-hydroxylation sites is 1. The number of nitrogens with one attached hydrogen (secondary N) is 2. The lowest BCUT2D eigenvalue weighted by atomic mass is 9.94. The summed E-state index contributed by atoms with van der Waals surface area (Å²) < 4.78 is 0. The van der Waals surface area contributed by atoms with Gasteiger partial charge in [-0.1, -0.05) is 45.4 Å². The van der Waals surface area contributed by atoms with Crippen LogP contribution in [0.5, 0.6) is 0 Å². The quantitative estimate of drug-likeness (QED) is 0.822. The summed E-state index contributed by atoms with van der Waals surface area (Å²) in [7, 11) is 0. The first kappa shape index (κ1) is 17.3. The summed E-state index contributed by atoms with van der Waals surface area (Å²) in [5, 5.41) is 4.08. The molecule has 0 aliphatic rings. The molecule has 1 heterocycles. The van der Waals surface area contributed by atoms with E-state index in [4.69, 9.17) is 0 Å². The first-order valence-corrected chi connectivity index (χ1v) is 8.29. The molecule has 0 spiro atoms. The Bertz CT molecular complexity index is 689. The second kappa shape index (κ2) is 7.44. The Morgan fingerprint density at radius 1 is 1.22 bits per heavy atom. The molecule has 1 aromatic carbocycles. The zero-order valence-electron chi connectivity index (χ0n) is 14.3. The smallest absolute Gasteiger partial charge is 0.223 e. The number of aromatic nitrogens is 1. The largest absolute Gasteiger partial charge is 0.361 e. The van der Waals surface area contributed by atoms with Crippen LogP contribution in [0.2, 0.25) is 0 Å². The fraction of sp³-hybridized carbons (Fsp3) is 0.474. The molecule has 0 bridgehead atoms. The van der Waals surface area contributed by atoms with Crippen LogP contribution in [0, 0.1) is 11.8 Å². The molecule has 124 valence electrons. The summed E-state index contributed by atoms with van der Waals surface area (Å²) in [4.78, 5) is 27.5. The average molecular weight is 314 g/mol. The Balaban J connectivity index is 2.06. The summed E-state index contributed by atoms with van der Waals surface area (Å²) >= 11 is 0. The normalized spacial score (nSPS) is 15.1. The van der Waals surface area contributed by atoms with Crippen molar-refractivity contribution in [3.63, 3.8) is 0 Å². The van der Waals surface area contributed by atoms with Gasteiger partial charge in [-0.2, -0.15) is 0 Å². The maximum Gasteiger partial charge on any atom is 0.223 e. The summed E-state index contributed by atoms with van der Waals surface area (Å²) in [5.74, 6) is -0.0698. The van der Waals surface area contributed by atoms with E-state index in [1.54, 1.807) is 6.92 Å². The molecule has 4 nitrogen and oxygen atoms in total. The van der Waals surface area contributed by atoms with Crippen molar-refractivity contribution in [1.82, 2.24) is 10.3 Å². The highest BCUT2D eigenvalue weighted by atomic mass is 16.2. The average Bonchev–Trinajstić information content (AvgIpc) is 2.94. The van der Waals surface area contributed by atoms with Gasteiger partial charge in [-0.15, -0.1) is 0 Å². The van der Waals surface area contributed by atoms with E-state index < -0.39 is 6.04 Å². The van der Waals surface area contributed by atoms with Crippen molar-refractivity contribution in [2.24, 2.45) is 11.8 Å². The number of carbonyl (C=O) groups is 2. The van der Waals surface area contributed by atoms with E-state index in [0.717, 1.165) is 22.9 Å². The molecule has 0 radical (unpaired) electrons. The van der Waals surface area contributed by atoms with Crippen molar-refractivity contribution >= 4 is 22.6 Å². The zero-order chi connectivity index (χ0) is 17.0. The molecule has 0 fully saturated rings. The van der Waals surface area contributed by atoms with Gasteiger partial charge in [0.2, 0.25) is 5.91 Å². The number of rotatable bonds is 7. The van der Waals surface area contributed by atoms with Gasteiger partial charge in [0.05, 0.1) is 6.04 Å². The van der Waals surface area contributed by atoms with E-state index in [2.05, 4.69) is 16.4 Å². The molecule has 0 unspecified atom stereocenters. The van der Waals surface area contributed by atoms with E-state index in [-0.39, 0.29) is 23.5 Å². The van der Waals surface area contributed by atoms with Crippen molar-refractivity contribution in [1.29, 1.82) is 0 Å². The second-order valence-electron chi connectivity index (χ2n) is 6.45. The van der Waals surface area contributed by atoms with E-state index in [1.807, 2.05) is 45.2 Å². The number of hydrogen-bond donors (Lipinski definition) is 2. The highest BCUT2D eigenvalue weighted by molar-refractivity contribution is 5.89. The number of Topliss-reactive ketones (excluding diaryl/α,β-unsaturated/α-hetero) is 1. The van der Waals surface area contributed by atoms with Crippen LogP contribution in [0.25, 0.3) is 10.9 Å². The molecule has 23 heavy (non-hydrogen) atoms. The van der Waals surface area contributed by atoms with Crippen LogP contribution in [0.15, 0.2) is 30.5 Å². The van der Waals surface area contributed by atoms with Gasteiger partial charge in [0.25, 0.3) is 0 Å². The summed E-state index contributed by atoms with van der Waals surface area (Å²) in [6.07, 6.45) is 3.48. The molecule has 0 saturated carbocycles. The van der Waals surface area contributed by atoms with Crippen molar-refractivity contribution in [2.75, 3.05) is 0 Å². The molecule has 0 aliphatic heterocycles. The van der Waals surface area contributed by atoms with E-state index in [1.165, 1.54) is 0 Å². The maximum absolute atomic E-state index is 12.5. The van der Waals surface area contributed by atoms with Gasteiger partial charge < -0.3 is 10.3 Å². The number of amides is 1. The minimum Gasteiger partial charge on any atom is -0.361 e. The molecule has 0 saturated heterocycles. The van der Waals surface area contributed by atoms with Gasteiger partial charge in [0, 0.05) is 23.0 Å². The van der Waals surface area contributed by atoms with Crippen LogP contribution < -0.4 is 5.32 Å². The lowest BCUT2D eigenvalue weighted by Gasteiger charge is -2.23. The molecule has 0 aliphatic carbocycles. The van der Waals surface area contributed by atoms with Gasteiger partial charge in [-0.25, -0.2) is 0 Å². The van der Waals surface area contributed by atoms with Gasteiger partial charge in [-0.05, 0) is 30.9 Å². The number of ketones is 1. The fourth-order valence-electron chi connectivity index (χ4n) is 2.90. The summed E-state index contributed by atoms with van der Waals surface area (Å²) in [6.45, 7) is 7.48. The molecule has 4 heteroatoms. The Morgan fingerprint density at radius 3 is 2.57 bits per heavy atom. The van der Waals surface area contributed by atoms with Crippen LogP contribution in [-0.4, -0.2) is 22.7 Å². The number of benzene rings is 1. The van der Waals surface area contributed by atoms with Crippen molar-refractivity contribution in [3.05, 3.63) is 36.0 Å². The van der Waals surface area contributed by atoms with Crippen LogP contribution in [0.1, 0.15) is 39.7 Å². The predicted molar refractivity (Wildman–Crippen MR) is 93.2 cm³/mol. The van der Waals surface area contributed by atoms with Crippen molar-refractivity contribution < 1.29 is 9.59 Å². The third-order valence-corrected chi connectivity index (χ3v) is 4.60. The number of hydrogen-bond acceptors (Lipinski definition) is 2. The Labute approximate surface area is 137 Å². The SMILES string of the molecule is CC[C@H](C)[C@H](NC(=O)[C@@H](C)Cc1c[nH]c2ccccc12)C(C)=O. The third kappa shape index (κ3) is 4.01. The highest BCUT2D eigenvalue weighted by Gasteiger charge is 2.25. The first-order chi connectivity index (χ1) is 10.9. The highest BCUT2D eigenvalue weighted by Crippen LogP contribution is 2.21. The lowest BCUT2D eigenvalue weighted by molar-refractivity contribution is -0.130. The Hall–Kier alpha value is -2.10. The molecule has 2 aromatic rings. The summed E-state index contributed by atoms with van der Waals surface area (Å²) in [5.41, 5.74) is 2.21. The third-order valence-electron chi connectivity index (χ3n) is 4.60. The monoisotopic (exact) mass is 314 g/mol. The number of H-pyrrole nitrogens is 1. The van der Waals surface area contributed by atoms with Gasteiger partial charge in [0.15, 0.2) is 5.78 Å². The fourth-order valence-corrected chi connectivity index (χ4v) is 2.90. The van der Waals surface area contributed by atoms with Crippen LogP contribution >= 0.6 is 0 Å². The second-order valence-corrected chi connectivity index (χ2v) is 6.45. The summed E-state index contributed by atoms with van der Waals surface area (Å²) in [6, 6.07) is 7.68. The van der Waals surface area contributed by atoms with Crippen molar-refractivity contribution in [2.45, 2.75) is 46.6 Å². The van der Waals surface area contributed by atoms with Crippen LogP contribution in [0.4, 0.5) is 0 Å². The topological polar surface area (TPSA) is 62.0 Å². The number of carbonyl (C=O) groups excluding carboxylic acids is 2. The van der Waals surface area contributed by atoms with E-state index in [9.17, 15) is 9.59 Å². The van der Waals surface area contributed by atoms with Gasteiger partial charge in [-0.3, -0.25) is 9.59 Å². The Kier molecular flexibility index (Phi) is 5.59. The standard InChI is InChI=1S/C19H26N2O2/c1-5-12(2)18(14(4)22)21-19(23)13(3)10-15-11-20-17-9-7-6-8-16(15)17/h6-9,11-13,18,20H,5,10H2,1-4H3,(H,21,23)/t12-,13-,18-/m0/s1. The molecule has 1 amide bonds. The zero-order valence-corrected chi connectivity index (χ0v) is 14.3. The lowest BCUT2D eigenvalue weighted by Crippen LogP contribution is -2.46. The minimum atomic E-state index is -0.391. The van der Waals surface area contributed by atoms with E-state index in [0.29, 0.717) is 6.42 Å². The molecular weight excluding hydrogens is 288 g/mol. The van der Waals surface area contributed by atoms with Crippen LogP contribution in [0.3, 0.4) is 0 Å². The maximum atomic E-state index is 12.5. The molecular formula is C19H26N2O2. The molecule has 3 atom stereocenters. The molecule has 2 rings (SSSR count). The Morgan fingerprint density at radius 2 is 1.91 bits per heavy atom. The van der Waals surface area contributed by atoms with Gasteiger partial charge in [0.1, 0.15) is 0 Å². The van der Waals surface area contributed by atoms with Crippen LogP contribution in [-0.2, 0) is 16.0 Å². The van der Waals surface area contributed by atoms with E-state index >= 15 is 0 Å². The minimum absolute atomic E-state index is 0.0204. The van der Waals surface area contributed by atoms with Gasteiger partial charge >= 0.3 is 0 Å². The molecule has 1 aromatic heterocycles.